The Labute approximate surface area is 147 Å². The van der Waals surface area contributed by atoms with Gasteiger partial charge in [-0.2, -0.15) is 10.4 Å². The van der Waals surface area contributed by atoms with Crippen LogP contribution in [0, 0.1) is 24.2 Å². The molecule has 5 nitrogen and oxygen atoms in total. The molecule has 1 saturated heterocycles. The van der Waals surface area contributed by atoms with Crippen LogP contribution in [0.25, 0.3) is 5.69 Å². The van der Waals surface area contributed by atoms with Gasteiger partial charge in [0, 0.05) is 30.3 Å². The molecule has 1 aromatic heterocycles. The van der Waals surface area contributed by atoms with Crippen molar-refractivity contribution in [2.75, 3.05) is 13.1 Å². The van der Waals surface area contributed by atoms with Gasteiger partial charge in [0.1, 0.15) is 0 Å². The van der Waals surface area contributed by atoms with E-state index in [0.717, 1.165) is 43.4 Å². The standard InChI is InChI=1S/C20H22N4O/c1-14-5-7-16(8-6-14)24-18-4-2-3-17(18)19(22-24)20(25)23-11-9-15(13-21)10-12-23/h5-8,15H,2-4,9-12H2,1H3. The van der Waals surface area contributed by atoms with E-state index in [2.05, 4.69) is 37.3 Å². The van der Waals surface area contributed by atoms with Crippen molar-refractivity contribution in [3.05, 3.63) is 46.8 Å². The molecule has 0 radical (unpaired) electrons. The van der Waals surface area contributed by atoms with Gasteiger partial charge in [-0.25, -0.2) is 4.68 Å². The number of fused-ring (bicyclic) bond motifs is 1. The number of hydrogen-bond donors (Lipinski definition) is 0. The van der Waals surface area contributed by atoms with E-state index in [4.69, 9.17) is 10.4 Å². The van der Waals surface area contributed by atoms with Crippen LogP contribution in [0.1, 0.15) is 46.6 Å². The Hall–Kier alpha value is -2.61. The van der Waals surface area contributed by atoms with Gasteiger partial charge in [0.2, 0.25) is 0 Å². The van der Waals surface area contributed by atoms with Gasteiger partial charge >= 0.3 is 0 Å². The number of benzene rings is 1. The number of nitriles is 1. The number of carbonyl (C=O) groups is 1. The first-order valence-electron chi connectivity index (χ1n) is 9.04. The van der Waals surface area contributed by atoms with Crippen LogP contribution in [0.3, 0.4) is 0 Å². The molecule has 2 aromatic rings. The zero-order valence-electron chi connectivity index (χ0n) is 14.5. The lowest BCUT2D eigenvalue weighted by molar-refractivity contribution is 0.0699. The largest absolute Gasteiger partial charge is 0.337 e. The molecule has 1 aromatic carbocycles. The molecule has 1 fully saturated rings. The average Bonchev–Trinajstić information content (AvgIpc) is 3.25. The van der Waals surface area contributed by atoms with E-state index >= 15 is 0 Å². The number of likely N-dealkylation sites (tertiary alicyclic amines) is 1. The van der Waals surface area contributed by atoms with Crippen molar-refractivity contribution < 1.29 is 4.79 Å². The zero-order valence-corrected chi connectivity index (χ0v) is 14.5. The molecular formula is C20H22N4O. The van der Waals surface area contributed by atoms with Crippen LogP contribution in [-0.2, 0) is 12.8 Å². The van der Waals surface area contributed by atoms with Crippen LogP contribution in [0.4, 0.5) is 0 Å². The summed E-state index contributed by atoms with van der Waals surface area (Å²) in [4.78, 5) is 14.9. The number of hydrogen-bond acceptors (Lipinski definition) is 3. The molecule has 0 saturated carbocycles. The van der Waals surface area contributed by atoms with Crippen molar-refractivity contribution >= 4 is 5.91 Å². The molecule has 25 heavy (non-hydrogen) atoms. The van der Waals surface area contributed by atoms with Gasteiger partial charge < -0.3 is 4.90 Å². The number of amides is 1. The summed E-state index contributed by atoms with van der Waals surface area (Å²) in [7, 11) is 0. The Balaban J connectivity index is 1.65. The second-order valence-electron chi connectivity index (χ2n) is 7.07. The molecule has 0 unspecified atom stereocenters. The van der Waals surface area contributed by atoms with E-state index in [1.54, 1.807) is 0 Å². The van der Waals surface area contributed by atoms with Crippen LogP contribution in [0.5, 0.6) is 0 Å². The summed E-state index contributed by atoms with van der Waals surface area (Å²) >= 11 is 0. The van der Waals surface area contributed by atoms with E-state index < -0.39 is 0 Å². The van der Waals surface area contributed by atoms with Crippen molar-refractivity contribution in [3.8, 4) is 11.8 Å². The molecule has 0 spiro atoms. The second-order valence-corrected chi connectivity index (χ2v) is 7.07. The lowest BCUT2D eigenvalue weighted by Gasteiger charge is -2.28. The number of aryl methyl sites for hydroxylation is 1. The molecular weight excluding hydrogens is 312 g/mol. The van der Waals surface area contributed by atoms with E-state index in [-0.39, 0.29) is 11.8 Å². The monoisotopic (exact) mass is 334 g/mol. The molecule has 2 heterocycles. The van der Waals surface area contributed by atoms with E-state index in [1.165, 1.54) is 11.3 Å². The van der Waals surface area contributed by atoms with Crippen LogP contribution in [-0.4, -0.2) is 33.7 Å². The van der Waals surface area contributed by atoms with Gasteiger partial charge in [-0.15, -0.1) is 0 Å². The third-order valence-corrected chi connectivity index (χ3v) is 5.38. The van der Waals surface area contributed by atoms with Crippen molar-refractivity contribution in [1.82, 2.24) is 14.7 Å². The molecule has 0 bridgehead atoms. The lowest BCUT2D eigenvalue weighted by atomic mass is 9.98. The first kappa shape index (κ1) is 15.9. The van der Waals surface area contributed by atoms with Crippen LogP contribution < -0.4 is 0 Å². The number of rotatable bonds is 2. The maximum atomic E-state index is 13.0. The molecule has 1 aliphatic carbocycles. The number of carbonyl (C=O) groups excluding carboxylic acids is 1. The minimum Gasteiger partial charge on any atom is -0.337 e. The van der Waals surface area contributed by atoms with E-state index in [1.807, 2.05) is 9.58 Å². The molecule has 1 amide bonds. The van der Waals surface area contributed by atoms with Crippen molar-refractivity contribution in [2.45, 2.75) is 39.0 Å². The summed E-state index contributed by atoms with van der Waals surface area (Å²) in [5.41, 5.74) is 5.14. The number of nitrogens with zero attached hydrogens (tertiary/aromatic N) is 4. The predicted molar refractivity (Wildman–Crippen MR) is 94.6 cm³/mol. The van der Waals surface area contributed by atoms with Gasteiger partial charge in [-0.05, 0) is 51.2 Å². The molecule has 5 heteroatoms. The first-order valence-corrected chi connectivity index (χ1v) is 9.04. The fraction of sp³-hybridized carbons (Fsp3) is 0.450. The Morgan fingerprint density at radius 2 is 1.92 bits per heavy atom. The minimum absolute atomic E-state index is 0.0281. The van der Waals surface area contributed by atoms with Crippen molar-refractivity contribution in [1.29, 1.82) is 5.26 Å². The number of aromatic nitrogens is 2. The Kier molecular flexibility index (Phi) is 4.04. The molecule has 1 aliphatic heterocycles. The molecule has 0 atom stereocenters. The number of piperidine rings is 1. The highest BCUT2D eigenvalue weighted by Crippen LogP contribution is 2.29. The van der Waals surface area contributed by atoms with E-state index in [0.29, 0.717) is 18.8 Å². The Bertz CT molecular complexity index is 836. The predicted octanol–water partition coefficient (Wildman–Crippen LogP) is 3.05. The average molecular weight is 334 g/mol. The maximum Gasteiger partial charge on any atom is 0.274 e. The van der Waals surface area contributed by atoms with Gasteiger partial charge in [0.25, 0.3) is 5.91 Å². The zero-order chi connectivity index (χ0) is 17.4. The van der Waals surface area contributed by atoms with Crippen molar-refractivity contribution in [3.63, 3.8) is 0 Å². The first-order chi connectivity index (χ1) is 12.2. The third-order valence-electron chi connectivity index (χ3n) is 5.38. The summed E-state index contributed by atoms with van der Waals surface area (Å²) in [6, 6.07) is 10.6. The van der Waals surface area contributed by atoms with Gasteiger partial charge in [-0.3, -0.25) is 4.79 Å². The highest BCUT2D eigenvalue weighted by molar-refractivity contribution is 5.94. The normalized spacial score (nSPS) is 17.4. The second kappa shape index (κ2) is 6.36. The fourth-order valence-electron chi connectivity index (χ4n) is 3.87. The molecule has 4 rings (SSSR count). The van der Waals surface area contributed by atoms with Crippen LogP contribution in [0.2, 0.25) is 0 Å². The maximum absolute atomic E-state index is 13.0. The lowest BCUT2D eigenvalue weighted by Crippen LogP contribution is -2.38. The Morgan fingerprint density at radius 1 is 1.20 bits per heavy atom. The fourth-order valence-corrected chi connectivity index (χ4v) is 3.87. The molecule has 128 valence electrons. The Morgan fingerprint density at radius 3 is 2.60 bits per heavy atom. The van der Waals surface area contributed by atoms with Crippen molar-refractivity contribution in [2.24, 2.45) is 5.92 Å². The summed E-state index contributed by atoms with van der Waals surface area (Å²) in [5, 5.41) is 13.7. The van der Waals surface area contributed by atoms with Crippen LogP contribution >= 0.6 is 0 Å². The van der Waals surface area contributed by atoms with Gasteiger partial charge in [0.15, 0.2) is 5.69 Å². The van der Waals surface area contributed by atoms with Gasteiger partial charge in [0.05, 0.1) is 11.8 Å². The molecule has 2 aliphatic rings. The summed E-state index contributed by atoms with van der Waals surface area (Å²) < 4.78 is 1.96. The topological polar surface area (TPSA) is 61.9 Å². The molecule has 0 N–H and O–H groups in total. The summed E-state index contributed by atoms with van der Waals surface area (Å²) in [6.07, 6.45) is 4.51. The third kappa shape index (κ3) is 2.82. The summed E-state index contributed by atoms with van der Waals surface area (Å²) in [6.45, 7) is 3.38. The minimum atomic E-state index is 0.0281. The van der Waals surface area contributed by atoms with Gasteiger partial charge in [-0.1, -0.05) is 17.7 Å². The highest BCUT2D eigenvalue weighted by atomic mass is 16.2. The van der Waals surface area contributed by atoms with Crippen LogP contribution in [0.15, 0.2) is 24.3 Å². The van der Waals surface area contributed by atoms with E-state index in [9.17, 15) is 4.79 Å². The quantitative estimate of drug-likeness (QED) is 0.848. The SMILES string of the molecule is Cc1ccc(-n2nc(C(=O)N3CCC(C#N)CC3)c3c2CCC3)cc1. The summed E-state index contributed by atoms with van der Waals surface area (Å²) in [5.74, 6) is 0.111. The highest BCUT2D eigenvalue weighted by Gasteiger charge is 2.31. The smallest absolute Gasteiger partial charge is 0.274 e.